The van der Waals surface area contributed by atoms with Gasteiger partial charge >= 0.3 is 5.97 Å². The first-order valence-electron chi connectivity index (χ1n) is 6.34. The van der Waals surface area contributed by atoms with Crippen LogP contribution in [-0.2, 0) is 11.2 Å². The number of carbonyl (C=O) groups is 2. The van der Waals surface area contributed by atoms with Crippen molar-refractivity contribution in [2.75, 3.05) is 5.32 Å². The van der Waals surface area contributed by atoms with Gasteiger partial charge in [-0.1, -0.05) is 41.4 Å². The minimum atomic E-state index is -1.07. The van der Waals surface area contributed by atoms with Crippen LogP contribution >= 0.6 is 11.6 Å². The van der Waals surface area contributed by atoms with Crippen LogP contribution in [0.15, 0.2) is 42.5 Å². The first-order valence-corrected chi connectivity index (χ1v) is 6.72. The lowest BCUT2D eigenvalue weighted by Gasteiger charge is -2.08. The van der Waals surface area contributed by atoms with Crippen molar-refractivity contribution in [1.82, 2.24) is 0 Å². The highest BCUT2D eigenvalue weighted by Gasteiger charge is 2.10. The number of halogens is 1. The van der Waals surface area contributed by atoms with Crippen molar-refractivity contribution in [3.8, 4) is 0 Å². The number of carboxylic acid groups (broad SMARTS) is 1. The molecule has 2 N–H and O–H groups in total. The Labute approximate surface area is 127 Å². The molecule has 0 saturated carbocycles. The number of benzene rings is 2. The molecule has 0 aliphatic carbocycles. The fourth-order valence-corrected chi connectivity index (χ4v) is 2.00. The summed E-state index contributed by atoms with van der Waals surface area (Å²) in [7, 11) is 0. The number of amides is 1. The Morgan fingerprint density at radius 2 is 1.81 bits per heavy atom. The highest BCUT2D eigenvalue weighted by molar-refractivity contribution is 6.33. The number of rotatable bonds is 4. The molecular formula is C16H14ClNO3. The molecule has 108 valence electrons. The minimum Gasteiger partial charge on any atom is -0.478 e. The second-order valence-electron chi connectivity index (χ2n) is 4.71. The largest absolute Gasteiger partial charge is 0.478 e. The van der Waals surface area contributed by atoms with Crippen LogP contribution in [0.4, 0.5) is 5.69 Å². The van der Waals surface area contributed by atoms with Gasteiger partial charge in [-0.15, -0.1) is 0 Å². The third-order valence-electron chi connectivity index (χ3n) is 2.97. The third-order valence-corrected chi connectivity index (χ3v) is 3.30. The van der Waals surface area contributed by atoms with Crippen LogP contribution in [0.2, 0.25) is 5.02 Å². The highest BCUT2D eigenvalue weighted by Crippen LogP contribution is 2.23. The van der Waals surface area contributed by atoms with Crippen LogP contribution in [0.1, 0.15) is 21.5 Å². The third kappa shape index (κ3) is 4.07. The van der Waals surface area contributed by atoms with Crippen LogP contribution in [0.25, 0.3) is 0 Å². The second-order valence-corrected chi connectivity index (χ2v) is 5.12. The summed E-state index contributed by atoms with van der Waals surface area (Å²) in [5.41, 5.74) is 2.37. The average molecular weight is 304 g/mol. The van der Waals surface area contributed by atoms with Gasteiger partial charge < -0.3 is 10.4 Å². The Morgan fingerprint density at radius 3 is 2.43 bits per heavy atom. The van der Waals surface area contributed by atoms with Crippen LogP contribution < -0.4 is 5.32 Å². The zero-order chi connectivity index (χ0) is 15.4. The molecule has 2 aromatic carbocycles. The molecule has 0 atom stereocenters. The summed E-state index contributed by atoms with van der Waals surface area (Å²) in [6, 6.07) is 11.8. The van der Waals surface area contributed by atoms with E-state index in [0.717, 1.165) is 11.1 Å². The average Bonchev–Trinajstić information content (AvgIpc) is 2.43. The molecule has 1 amide bonds. The van der Waals surface area contributed by atoms with E-state index < -0.39 is 5.97 Å². The molecule has 5 heteroatoms. The first kappa shape index (κ1) is 15.1. The second kappa shape index (κ2) is 6.41. The van der Waals surface area contributed by atoms with Crippen LogP contribution in [0.5, 0.6) is 0 Å². The number of anilines is 1. The Kier molecular flexibility index (Phi) is 4.60. The van der Waals surface area contributed by atoms with Crippen molar-refractivity contribution in [3.63, 3.8) is 0 Å². The molecule has 0 aromatic heterocycles. The van der Waals surface area contributed by atoms with Crippen molar-refractivity contribution in [3.05, 3.63) is 64.2 Å². The fourth-order valence-electron chi connectivity index (χ4n) is 1.84. The van der Waals surface area contributed by atoms with Gasteiger partial charge in [0.15, 0.2) is 0 Å². The summed E-state index contributed by atoms with van der Waals surface area (Å²) in [5.74, 6) is -1.32. The van der Waals surface area contributed by atoms with Gasteiger partial charge in [0, 0.05) is 0 Å². The number of carbonyl (C=O) groups excluding carboxylic acids is 1. The van der Waals surface area contributed by atoms with E-state index in [1.54, 1.807) is 0 Å². The maximum absolute atomic E-state index is 12.0. The molecule has 0 aliphatic rings. The molecule has 0 spiro atoms. The number of carboxylic acids is 1. The Balaban J connectivity index is 2.10. The van der Waals surface area contributed by atoms with Gasteiger partial charge in [-0.05, 0) is 30.7 Å². The Hall–Kier alpha value is -2.33. The minimum absolute atomic E-state index is 0.0741. The SMILES string of the molecule is Cc1ccc(CC(=O)Nc2cc(C(=O)O)ccc2Cl)cc1. The van der Waals surface area contributed by atoms with Gasteiger partial charge in [-0.2, -0.15) is 0 Å². The molecule has 0 bridgehead atoms. The summed E-state index contributed by atoms with van der Waals surface area (Å²) in [6.45, 7) is 1.97. The molecule has 2 aromatic rings. The highest BCUT2D eigenvalue weighted by atomic mass is 35.5. The van der Waals surface area contributed by atoms with E-state index in [2.05, 4.69) is 5.32 Å². The van der Waals surface area contributed by atoms with Crippen molar-refractivity contribution in [1.29, 1.82) is 0 Å². The normalized spacial score (nSPS) is 10.2. The first-order chi connectivity index (χ1) is 9.95. The molecule has 0 saturated heterocycles. The van der Waals surface area contributed by atoms with Gasteiger partial charge in [0.1, 0.15) is 0 Å². The summed E-state index contributed by atoms with van der Waals surface area (Å²) < 4.78 is 0. The number of hydrogen-bond donors (Lipinski definition) is 2. The lowest BCUT2D eigenvalue weighted by atomic mass is 10.1. The quantitative estimate of drug-likeness (QED) is 0.908. The van der Waals surface area contributed by atoms with Crippen molar-refractivity contribution in [2.45, 2.75) is 13.3 Å². The molecule has 0 heterocycles. The molecule has 0 fully saturated rings. The van der Waals surface area contributed by atoms with Gasteiger partial charge in [-0.3, -0.25) is 4.79 Å². The smallest absolute Gasteiger partial charge is 0.335 e. The van der Waals surface area contributed by atoms with Crippen LogP contribution in [0, 0.1) is 6.92 Å². The van der Waals surface area contributed by atoms with Crippen molar-refractivity contribution < 1.29 is 14.7 Å². The number of aryl methyl sites for hydroxylation is 1. The molecule has 0 unspecified atom stereocenters. The maximum atomic E-state index is 12.0. The summed E-state index contributed by atoms with van der Waals surface area (Å²) in [4.78, 5) is 22.9. The van der Waals surface area contributed by atoms with E-state index in [1.165, 1.54) is 18.2 Å². The predicted octanol–water partition coefficient (Wildman–Crippen LogP) is 3.53. The van der Waals surface area contributed by atoms with Crippen LogP contribution in [0.3, 0.4) is 0 Å². The molecule has 0 radical (unpaired) electrons. The molecule has 4 nitrogen and oxygen atoms in total. The summed E-state index contributed by atoms with van der Waals surface area (Å²) in [6.07, 6.45) is 0.202. The van der Waals surface area contributed by atoms with Gasteiger partial charge in [0.2, 0.25) is 5.91 Å². The zero-order valence-corrected chi connectivity index (χ0v) is 12.1. The molecular weight excluding hydrogens is 290 g/mol. The standard InChI is InChI=1S/C16H14ClNO3/c1-10-2-4-11(5-3-10)8-15(19)18-14-9-12(16(20)21)6-7-13(14)17/h2-7,9H,8H2,1H3,(H,18,19)(H,20,21). The van der Waals surface area contributed by atoms with E-state index >= 15 is 0 Å². The van der Waals surface area contributed by atoms with Crippen molar-refractivity contribution >= 4 is 29.2 Å². The lowest BCUT2D eigenvalue weighted by molar-refractivity contribution is -0.115. The Morgan fingerprint density at radius 1 is 1.14 bits per heavy atom. The monoisotopic (exact) mass is 303 g/mol. The molecule has 2 rings (SSSR count). The number of hydrogen-bond acceptors (Lipinski definition) is 2. The predicted molar refractivity (Wildman–Crippen MR) is 81.9 cm³/mol. The summed E-state index contributed by atoms with van der Waals surface area (Å²) >= 11 is 5.96. The number of aromatic carboxylic acids is 1. The van der Waals surface area contributed by atoms with E-state index in [-0.39, 0.29) is 17.9 Å². The summed E-state index contributed by atoms with van der Waals surface area (Å²) in [5, 5.41) is 11.9. The topological polar surface area (TPSA) is 66.4 Å². The van der Waals surface area contributed by atoms with Gasteiger partial charge in [0.05, 0.1) is 22.7 Å². The van der Waals surface area contributed by atoms with E-state index in [1.807, 2.05) is 31.2 Å². The molecule has 21 heavy (non-hydrogen) atoms. The van der Waals surface area contributed by atoms with Crippen LogP contribution in [-0.4, -0.2) is 17.0 Å². The van der Waals surface area contributed by atoms with E-state index in [9.17, 15) is 9.59 Å². The van der Waals surface area contributed by atoms with Gasteiger partial charge in [0.25, 0.3) is 0 Å². The zero-order valence-electron chi connectivity index (χ0n) is 11.4. The molecule has 0 aliphatic heterocycles. The van der Waals surface area contributed by atoms with Crippen molar-refractivity contribution in [2.24, 2.45) is 0 Å². The lowest BCUT2D eigenvalue weighted by Crippen LogP contribution is -2.15. The number of nitrogens with one attached hydrogen (secondary N) is 1. The van der Waals surface area contributed by atoms with Gasteiger partial charge in [-0.25, -0.2) is 4.79 Å². The van der Waals surface area contributed by atoms with E-state index in [4.69, 9.17) is 16.7 Å². The fraction of sp³-hybridized carbons (Fsp3) is 0.125. The maximum Gasteiger partial charge on any atom is 0.335 e. The Bertz CT molecular complexity index is 680. The van der Waals surface area contributed by atoms with E-state index in [0.29, 0.717) is 10.7 Å².